The van der Waals surface area contributed by atoms with Crippen molar-refractivity contribution in [2.24, 2.45) is 11.8 Å². The van der Waals surface area contributed by atoms with E-state index in [-0.39, 0.29) is 30.1 Å². The molecule has 204 valence electrons. The maximum atomic E-state index is 13.7. The first-order valence-electron chi connectivity index (χ1n) is 13.5. The van der Waals surface area contributed by atoms with Gasteiger partial charge in [-0.2, -0.15) is 10.2 Å². The molecule has 0 N–H and O–H groups in total. The molecule has 1 unspecified atom stereocenters. The lowest BCUT2D eigenvalue weighted by atomic mass is 9.87. The molecular formula is C31H33N6O3+. The lowest BCUT2D eigenvalue weighted by Gasteiger charge is -2.34. The normalized spacial score (nSPS) is 18.5. The maximum absolute atomic E-state index is 13.7. The molecule has 9 heteroatoms. The fourth-order valence-electron chi connectivity index (χ4n) is 5.44. The van der Waals surface area contributed by atoms with E-state index in [4.69, 9.17) is 10.00 Å². The molecule has 0 spiro atoms. The number of hydrogen-bond acceptors (Lipinski definition) is 6. The van der Waals surface area contributed by atoms with E-state index in [0.29, 0.717) is 30.5 Å². The van der Waals surface area contributed by atoms with Crippen molar-refractivity contribution >= 4 is 45.7 Å². The summed E-state index contributed by atoms with van der Waals surface area (Å²) < 4.78 is 8.88. The average Bonchev–Trinajstić information content (AvgIpc) is 3.41. The van der Waals surface area contributed by atoms with Crippen LogP contribution in [0.25, 0.3) is 21.8 Å². The van der Waals surface area contributed by atoms with Gasteiger partial charge in [0.05, 0.1) is 32.4 Å². The lowest BCUT2D eigenvalue weighted by molar-refractivity contribution is -0.405. The molecule has 5 rings (SSSR count). The maximum Gasteiger partial charge on any atom is 0.335 e. The van der Waals surface area contributed by atoms with Crippen molar-refractivity contribution in [3.63, 3.8) is 0 Å². The van der Waals surface area contributed by atoms with E-state index in [0.717, 1.165) is 33.9 Å². The highest BCUT2D eigenvalue weighted by atomic mass is 16.5. The van der Waals surface area contributed by atoms with Gasteiger partial charge in [0.1, 0.15) is 17.6 Å². The number of rotatable bonds is 6. The van der Waals surface area contributed by atoms with Gasteiger partial charge in [-0.3, -0.25) is 14.2 Å². The Kier molecular flexibility index (Phi) is 7.60. The van der Waals surface area contributed by atoms with Crippen LogP contribution < -0.4 is 4.74 Å². The first-order chi connectivity index (χ1) is 19.3. The summed E-state index contributed by atoms with van der Waals surface area (Å²) >= 11 is 0. The number of likely N-dealkylation sites (tertiary alicyclic amines) is 1. The van der Waals surface area contributed by atoms with Crippen molar-refractivity contribution in [1.82, 2.24) is 19.4 Å². The van der Waals surface area contributed by atoms with Crippen LogP contribution in [0.15, 0.2) is 55.0 Å². The van der Waals surface area contributed by atoms with E-state index in [1.54, 1.807) is 22.8 Å². The molecule has 1 saturated heterocycles. The fraction of sp³-hybridized carbons (Fsp3) is 0.355. The summed E-state index contributed by atoms with van der Waals surface area (Å²) in [6.45, 7) is 5.32. The van der Waals surface area contributed by atoms with Gasteiger partial charge in [0.15, 0.2) is 5.65 Å². The molecule has 0 radical (unpaired) electrons. The molecule has 1 amide bonds. The molecule has 1 aliphatic rings. The summed E-state index contributed by atoms with van der Waals surface area (Å²) in [5, 5.41) is 11.8. The monoisotopic (exact) mass is 537 g/mol. The minimum absolute atomic E-state index is 0.0771. The standard InChI is InChI=1S/C31H33N6O3/c1-20-10-13-36(28(38)9-12-32)18-25(20)17-35(3)29-27-11-14-37(30(27)34-19-33-29)31(39)21(2)22-5-6-24-16-26(40-4)8-7-23(24)15-22/h5-8,11,14-17,19-21,25H,9-10,13,18H2,1-4H3/q+1/t20-,21+,25?/m1/s1. The molecule has 0 saturated carbocycles. The van der Waals surface area contributed by atoms with E-state index in [1.165, 1.54) is 6.33 Å². The molecule has 40 heavy (non-hydrogen) atoms. The molecule has 1 aliphatic heterocycles. The second-order valence-electron chi connectivity index (χ2n) is 10.5. The van der Waals surface area contributed by atoms with E-state index in [2.05, 4.69) is 23.1 Å². The Labute approximate surface area is 233 Å². The van der Waals surface area contributed by atoms with Crippen LogP contribution in [0.4, 0.5) is 5.82 Å². The zero-order valence-corrected chi connectivity index (χ0v) is 23.2. The van der Waals surface area contributed by atoms with Crippen LogP contribution in [-0.2, 0) is 4.79 Å². The number of carbonyl (C=O) groups excluding carboxylic acids is 2. The zero-order valence-electron chi connectivity index (χ0n) is 23.2. The van der Waals surface area contributed by atoms with Crippen LogP contribution in [0.1, 0.15) is 43.0 Å². The van der Waals surface area contributed by atoms with Gasteiger partial charge in [-0.15, -0.1) is 0 Å². The quantitative estimate of drug-likeness (QED) is 0.259. The topological polar surface area (TPSA) is 104 Å². The molecule has 1 fully saturated rings. The number of carbonyl (C=O) groups is 2. The van der Waals surface area contributed by atoms with Gasteiger partial charge >= 0.3 is 5.82 Å². The summed E-state index contributed by atoms with van der Waals surface area (Å²) in [7, 11) is 3.57. The van der Waals surface area contributed by atoms with Crippen molar-refractivity contribution in [2.45, 2.75) is 32.6 Å². The van der Waals surface area contributed by atoms with Crippen molar-refractivity contribution in [3.05, 3.63) is 60.6 Å². The smallest absolute Gasteiger partial charge is 0.335 e. The number of methoxy groups -OCH3 is 1. The third kappa shape index (κ3) is 5.17. The Morgan fingerprint density at radius 2 is 1.98 bits per heavy atom. The van der Waals surface area contributed by atoms with E-state index in [1.807, 2.05) is 67.1 Å². The van der Waals surface area contributed by atoms with Gasteiger partial charge in [0.2, 0.25) is 18.1 Å². The van der Waals surface area contributed by atoms with Gasteiger partial charge in [0, 0.05) is 25.2 Å². The summed E-state index contributed by atoms with van der Waals surface area (Å²) in [6.07, 6.45) is 6.10. The minimum atomic E-state index is -0.384. The third-order valence-electron chi connectivity index (χ3n) is 7.99. The Balaban J connectivity index is 1.41. The summed E-state index contributed by atoms with van der Waals surface area (Å²) in [4.78, 5) is 36.7. The van der Waals surface area contributed by atoms with E-state index >= 15 is 0 Å². The van der Waals surface area contributed by atoms with Crippen LogP contribution in [0, 0.1) is 23.2 Å². The van der Waals surface area contributed by atoms with Crippen LogP contribution in [-0.4, -0.2) is 69.3 Å². The van der Waals surface area contributed by atoms with Crippen molar-refractivity contribution in [2.75, 3.05) is 27.2 Å². The second kappa shape index (κ2) is 11.3. The van der Waals surface area contributed by atoms with Gasteiger partial charge < -0.3 is 9.64 Å². The second-order valence-corrected chi connectivity index (χ2v) is 10.5. The number of nitrogens with zero attached hydrogens (tertiary/aromatic N) is 6. The number of piperidine rings is 1. The predicted octanol–water partition coefficient (Wildman–Crippen LogP) is 4.78. The van der Waals surface area contributed by atoms with Crippen molar-refractivity contribution < 1.29 is 18.9 Å². The molecular weight excluding hydrogens is 504 g/mol. The SMILES string of the molecule is COc1ccc2cc([C@H](C)C(=O)n3ccc4c([N+](C)=CC5CN(C(=O)CC#N)CC[C@H]5C)ncnc43)ccc2c1. The molecule has 9 nitrogen and oxygen atoms in total. The minimum Gasteiger partial charge on any atom is -0.497 e. The zero-order chi connectivity index (χ0) is 28.4. The number of hydrogen-bond donors (Lipinski definition) is 0. The lowest BCUT2D eigenvalue weighted by Crippen LogP contribution is -2.44. The molecule has 0 aliphatic carbocycles. The summed E-state index contributed by atoms with van der Waals surface area (Å²) in [5.41, 5.74) is 1.47. The number of aromatic nitrogens is 3. The highest BCUT2D eigenvalue weighted by molar-refractivity contribution is 5.97. The molecule has 3 heterocycles. The molecule has 0 bridgehead atoms. The van der Waals surface area contributed by atoms with Crippen LogP contribution in [0.3, 0.4) is 0 Å². The van der Waals surface area contributed by atoms with Gasteiger partial charge in [-0.25, -0.2) is 4.58 Å². The first-order valence-corrected chi connectivity index (χ1v) is 13.5. The number of benzene rings is 2. The number of nitriles is 1. The largest absolute Gasteiger partial charge is 0.497 e. The number of ether oxygens (including phenoxy) is 1. The third-order valence-corrected chi connectivity index (χ3v) is 7.99. The van der Waals surface area contributed by atoms with Crippen LogP contribution in [0.5, 0.6) is 5.75 Å². The Morgan fingerprint density at radius 3 is 2.75 bits per heavy atom. The molecule has 2 aromatic carbocycles. The van der Waals surface area contributed by atoms with E-state index in [9.17, 15) is 9.59 Å². The van der Waals surface area contributed by atoms with Gasteiger partial charge in [-0.1, -0.05) is 31.2 Å². The number of amides is 1. The van der Waals surface area contributed by atoms with E-state index < -0.39 is 0 Å². The van der Waals surface area contributed by atoms with Crippen LogP contribution >= 0.6 is 0 Å². The summed E-state index contributed by atoms with van der Waals surface area (Å²) in [5.74, 6) is 1.39. The number of fused-ring (bicyclic) bond motifs is 2. The summed E-state index contributed by atoms with van der Waals surface area (Å²) in [6, 6.07) is 15.8. The van der Waals surface area contributed by atoms with Crippen LogP contribution in [0.2, 0.25) is 0 Å². The average molecular weight is 538 g/mol. The highest BCUT2D eigenvalue weighted by Gasteiger charge is 2.30. The predicted molar refractivity (Wildman–Crippen MR) is 153 cm³/mol. The Hall–Kier alpha value is -4.58. The Bertz CT molecular complexity index is 1670. The van der Waals surface area contributed by atoms with Crippen molar-refractivity contribution in [1.29, 1.82) is 5.26 Å². The van der Waals surface area contributed by atoms with Crippen molar-refractivity contribution in [3.8, 4) is 11.8 Å². The van der Waals surface area contributed by atoms with Gasteiger partial charge in [-0.05, 0) is 58.8 Å². The molecule has 2 aromatic heterocycles. The van der Waals surface area contributed by atoms with Gasteiger partial charge in [0.25, 0.3) is 0 Å². The highest BCUT2D eigenvalue weighted by Crippen LogP contribution is 2.29. The molecule has 3 atom stereocenters. The molecule has 4 aromatic rings. The fourth-order valence-corrected chi connectivity index (χ4v) is 5.44. The Morgan fingerprint density at radius 1 is 1.20 bits per heavy atom. The first kappa shape index (κ1) is 27.0.